The van der Waals surface area contributed by atoms with Crippen molar-refractivity contribution in [2.75, 3.05) is 0 Å². The molecule has 0 saturated carbocycles. The van der Waals surface area contributed by atoms with Gasteiger partial charge < -0.3 is 0 Å². The van der Waals surface area contributed by atoms with E-state index in [1.807, 2.05) is 12.3 Å². The molecule has 3 rings (SSSR count). The summed E-state index contributed by atoms with van der Waals surface area (Å²) in [5, 5.41) is 2.68. The predicted octanol–water partition coefficient (Wildman–Crippen LogP) is 5.27. The van der Waals surface area contributed by atoms with Crippen molar-refractivity contribution in [3.8, 4) is 0 Å². The second kappa shape index (κ2) is 12.0. The summed E-state index contributed by atoms with van der Waals surface area (Å²) in [5.41, 5.74) is 2.50. The molecule has 25 heavy (non-hydrogen) atoms. The molecule has 0 fully saturated rings. The van der Waals surface area contributed by atoms with E-state index >= 15 is 0 Å². The Hall–Kier alpha value is -2.41. The number of fused-ring (bicyclic) bond motifs is 1. The Kier molecular flexibility index (Phi) is 9.92. The third-order valence-corrected chi connectivity index (χ3v) is 3.88. The van der Waals surface area contributed by atoms with Gasteiger partial charge in [-0.25, -0.2) is 0 Å². The summed E-state index contributed by atoms with van der Waals surface area (Å²) in [6.45, 7) is 12.3. The molecule has 0 N–H and O–H groups in total. The van der Waals surface area contributed by atoms with E-state index in [1.54, 1.807) is 0 Å². The van der Waals surface area contributed by atoms with Gasteiger partial charge in [-0.05, 0) is 53.8 Å². The first-order chi connectivity index (χ1) is 12.3. The molecule has 0 amide bonds. The van der Waals surface area contributed by atoms with Gasteiger partial charge in [-0.3, -0.25) is 4.98 Å². The van der Waals surface area contributed by atoms with Crippen molar-refractivity contribution >= 4 is 11.6 Å². The maximum absolute atomic E-state index is 4.58. The number of aromatic nitrogens is 1. The van der Waals surface area contributed by atoms with Crippen LogP contribution in [-0.4, -0.2) is 4.98 Å². The van der Waals surface area contributed by atoms with E-state index in [0.29, 0.717) is 5.92 Å². The summed E-state index contributed by atoms with van der Waals surface area (Å²) < 4.78 is 0. The van der Waals surface area contributed by atoms with Gasteiger partial charge in [0.15, 0.2) is 0 Å². The molecule has 1 unspecified atom stereocenters. The Balaban J connectivity index is 0.000000567. The smallest absolute Gasteiger partial charge is 0.0670 e. The molecule has 1 heteroatoms. The van der Waals surface area contributed by atoms with Crippen molar-refractivity contribution in [2.24, 2.45) is 5.92 Å². The zero-order chi connectivity index (χ0) is 18.5. The number of allylic oxidation sites excluding steroid dienone is 2. The molecule has 0 spiro atoms. The summed E-state index contributed by atoms with van der Waals surface area (Å²) in [5.74, 6) is 0.524. The van der Waals surface area contributed by atoms with Gasteiger partial charge in [0.25, 0.3) is 0 Å². The molecule has 1 aromatic carbocycles. The molecule has 1 aromatic heterocycles. The van der Waals surface area contributed by atoms with Crippen LogP contribution in [0, 0.1) is 5.92 Å². The predicted molar refractivity (Wildman–Crippen MR) is 112 cm³/mol. The first-order valence-electron chi connectivity index (χ1n) is 9.13. The standard InChI is InChI=1S/C19H19N.C3H8.C2H4/c1-2-3-8-16-13-12-15-9-4-5-10-17(15)19(16)18-11-6-7-14-20-18;1-3-2;1-2/h2-7,9-12,14,16H,8,13H2,1H3;3H2,1-2H3;1-2H2. The van der Waals surface area contributed by atoms with E-state index in [9.17, 15) is 0 Å². The van der Waals surface area contributed by atoms with Crippen LogP contribution in [0.15, 0.2) is 74.0 Å². The maximum atomic E-state index is 4.58. The monoisotopic (exact) mass is 333 g/mol. The third-order valence-electron chi connectivity index (χ3n) is 3.88. The van der Waals surface area contributed by atoms with Crippen molar-refractivity contribution in [1.29, 1.82) is 0 Å². The molecule has 132 valence electrons. The number of hydrogen-bond acceptors (Lipinski definition) is 1. The fourth-order valence-electron chi connectivity index (χ4n) is 2.91. The molecule has 2 aromatic rings. The van der Waals surface area contributed by atoms with E-state index in [2.05, 4.69) is 93.5 Å². The highest BCUT2D eigenvalue weighted by Crippen LogP contribution is 2.27. The van der Waals surface area contributed by atoms with Gasteiger partial charge in [0.2, 0.25) is 0 Å². The summed E-state index contributed by atoms with van der Waals surface area (Å²) in [4.78, 5) is 4.58. The van der Waals surface area contributed by atoms with Crippen LogP contribution in [0.5, 0.6) is 0 Å². The summed E-state index contributed by atoms with van der Waals surface area (Å²) in [7, 11) is 0. The Bertz CT molecular complexity index is 756. The molecule has 0 radical (unpaired) electrons. The Morgan fingerprint density at radius 2 is 1.76 bits per heavy atom. The number of pyridine rings is 1. The Morgan fingerprint density at radius 1 is 1.08 bits per heavy atom. The summed E-state index contributed by atoms with van der Waals surface area (Å²) >= 11 is 0. The van der Waals surface area contributed by atoms with Gasteiger partial charge in [0, 0.05) is 6.20 Å². The quantitative estimate of drug-likeness (QED) is 0.698. The first-order valence-corrected chi connectivity index (χ1v) is 9.13. The van der Waals surface area contributed by atoms with E-state index in [-0.39, 0.29) is 0 Å². The van der Waals surface area contributed by atoms with E-state index in [0.717, 1.165) is 18.5 Å². The second-order valence-corrected chi connectivity index (χ2v) is 5.86. The number of rotatable bonds is 3. The zero-order valence-electron chi connectivity index (χ0n) is 15.9. The van der Waals surface area contributed by atoms with Crippen LogP contribution in [0.2, 0.25) is 0 Å². The normalized spacial score (nSPS) is 15.2. The molecule has 1 heterocycles. The van der Waals surface area contributed by atoms with Crippen molar-refractivity contribution in [3.63, 3.8) is 0 Å². The topological polar surface area (TPSA) is 12.9 Å². The second-order valence-electron chi connectivity index (χ2n) is 5.86. The molecule has 1 nitrogen and oxygen atoms in total. The number of benzene rings is 1. The summed E-state index contributed by atoms with van der Waals surface area (Å²) in [6.07, 6.45) is 12.1. The van der Waals surface area contributed by atoms with Crippen molar-refractivity contribution in [2.45, 2.75) is 40.0 Å². The van der Waals surface area contributed by atoms with Crippen LogP contribution in [0.1, 0.15) is 45.7 Å². The van der Waals surface area contributed by atoms with Crippen LogP contribution >= 0.6 is 0 Å². The highest BCUT2D eigenvalue weighted by Gasteiger charge is 2.18. The molecule has 1 atom stereocenters. The molecular formula is C24H31N. The lowest BCUT2D eigenvalue weighted by atomic mass is 9.84. The molecule has 1 aliphatic rings. The van der Waals surface area contributed by atoms with E-state index in [1.165, 1.54) is 22.4 Å². The summed E-state index contributed by atoms with van der Waals surface area (Å²) in [6, 6.07) is 14.8. The molecule has 0 bridgehead atoms. The third kappa shape index (κ3) is 5.86. The van der Waals surface area contributed by atoms with Gasteiger partial charge in [-0.15, -0.1) is 13.2 Å². The Morgan fingerprint density at radius 3 is 2.40 bits per heavy atom. The van der Waals surface area contributed by atoms with Gasteiger partial charge in [-0.1, -0.05) is 68.8 Å². The maximum Gasteiger partial charge on any atom is 0.0670 e. The van der Waals surface area contributed by atoms with Gasteiger partial charge in [0.05, 0.1) is 5.69 Å². The minimum Gasteiger partial charge on any atom is -0.257 e. The highest BCUT2D eigenvalue weighted by atomic mass is 14.7. The fraction of sp³-hybridized carbons (Fsp3) is 0.292. The largest absolute Gasteiger partial charge is 0.257 e. The van der Waals surface area contributed by atoms with Crippen LogP contribution in [0.3, 0.4) is 0 Å². The fourth-order valence-corrected chi connectivity index (χ4v) is 2.91. The average molecular weight is 334 g/mol. The highest BCUT2D eigenvalue weighted by molar-refractivity contribution is 5.67. The van der Waals surface area contributed by atoms with Crippen LogP contribution in [-0.2, 0) is 0 Å². The van der Waals surface area contributed by atoms with Crippen molar-refractivity contribution in [3.05, 3.63) is 90.1 Å². The molecule has 0 saturated heterocycles. The van der Waals surface area contributed by atoms with E-state index < -0.39 is 0 Å². The lowest BCUT2D eigenvalue weighted by molar-refractivity contribution is 0.698. The van der Waals surface area contributed by atoms with Crippen LogP contribution < -0.4 is 10.4 Å². The van der Waals surface area contributed by atoms with Gasteiger partial charge in [-0.2, -0.15) is 0 Å². The van der Waals surface area contributed by atoms with Crippen molar-refractivity contribution in [1.82, 2.24) is 4.98 Å². The first kappa shape index (κ1) is 20.6. The molecule has 1 aliphatic carbocycles. The molecular weight excluding hydrogens is 302 g/mol. The SMILES string of the molecule is C=C.CC=CCC1CC=c2ccccc2=C1c1ccccn1.CCC. The van der Waals surface area contributed by atoms with Crippen LogP contribution in [0.4, 0.5) is 0 Å². The van der Waals surface area contributed by atoms with E-state index in [4.69, 9.17) is 0 Å². The number of nitrogens with zero attached hydrogens (tertiary/aromatic N) is 1. The lowest BCUT2D eigenvalue weighted by Gasteiger charge is -2.21. The number of hydrogen-bond donors (Lipinski definition) is 0. The van der Waals surface area contributed by atoms with Crippen LogP contribution in [0.25, 0.3) is 11.6 Å². The lowest BCUT2D eigenvalue weighted by Crippen LogP contribution is -2.33. The minimum atomic E-state index is 0.524. The Labute approximate surface area is 153 Å². The van der Waals surface area contributed by atoms with Gasteiger partial charge in [0.1, 0.15) is 0 Å². The minimum absolute atomic E-state index is 0.524. The average Bonchev–Trinajstić information content (AvgIpc) is 2.68. The molecule has 0 aliphatic heterocycles. The van der Waals surface area contributed by atoms with Crippen molar-refractivity contribution < 1.29 is 0 Å². The van der Waals surface area contributed by atoms with Gasteiger partial charge >= 0.3 is 0 Å². The zero-order valence-corrected chi connectivity index (χ0v) is 15.9.